The summed E-state index contributed by atoms with van der Waals surface area (Å²) in [4.78, 5) is 2.51. The van der Waals surface area contributed by atoms with Crippen molar-refractivity contribution in [2.45, 2.75) is 19.3 Å². The van der Waals surface area contributed by atoms with E-state index in [1.807, 2.05) is 0 Å². The van der Waals surface area contributed by atoms with Gasteiger partial charge in [0.1, 0.15) is 0 Å². The van der Waals surface area contributed by atoms with Crippen LogP contribution in [0.2, 0.25) is 0 Å². The zero-order valence-corrected chi connectivity index (χ0v) is 28.2. The van der Waals surface area contributed by atoms with E-state index in [0.29, 0.717) is 0 Å². The topological polar surface area (TPSA) is 3.24 Å². The lowest BCUT2D eigenvalue weighted by Crippen LogP contribution is -2.16. The third-order valence-electron chi connectivity index (χ3n) is 11.0. The first-order valence-corrected chi connectivity index (χ1v) is 17.5. The first-order valence-electron chi connectivity index (χ1n) is 17.5. The molecule has 1 nitrogen and oxygen atoms in total. The van der Waals surface area contributed by atoms with Gasteiger partial charge in [0.15, 0.2) is 0 Å². The lowest BCUT2D eigenvalue weighted by molar-refractivity contribution is 0.660. The molecule has 0 spiro atoms. The molecule has 9 aromatic rings. The van der Waals surface area contributed by atoms with Crippen molar-refractivity contribution in [1.29, 1.82) is 0 Å². The number of anilines is 3. The van der Waals surface area contributed by atoms with Crippen molar-refractivity contribution >= 4 is 60.2 Å². The molecular weight excluding hydrogens is 603 g/mol. The molecule has 236 valence electrons. The number of para-hydroxylation sites is 1. The van der Waals surface area contributed by atoms with Gasteiger partial charge >= 0.3 is 0 Å². The Kier molecular flexibility index (Phi) is 6.29. The second kappa shape index (κ2) is 10.9. The highest BCUT2D eigenvalue weighted by Crippen LogP contribution is 2.55. The normalized spacial score (nSPS) is 13.2. The molecule has 0 aliphatic heterocycles. The molecule has 0 bridgehead atoms. The molecule has 10 rings (SSSR count). The van der Waals surface area contributed by atoms with E-state index in [2.05, 4.69) is 195 Å². The van der Waals surface area contributed by atoms with E-state index in [1.165, 1.54) is 82.2 Å². The van der Waals surface area contributed by atoms with Crippen molar-refractivity contribution in [2.24, 2.45) is 0 Å². The first kappa shape index (κ1) is 28.8. The van der Waals surface area contributed by atoms with Crippen molar-refractivity contribution in [3.8, 4) is 22.3 Å². The maximum atomic E-state index is 2.51. The number of benzene rings is 9. The van der Waals surface area contributed by atoms with Crippen molar-refractivity contribution in [2.75, 3.05) is 4.90 Å². The van der Waals surface area contributed by atoms with Gasteiger partial charge in [-0.15, -0.1) is 0 Å². The van der Waals surface area contributed by atoms with Crippen LogP contribution in [0.5, 0.6) is 0 Å². The fourth-order valence-electron chi connectivity index (χ4n) is 8.55. The first-order chi connectivity index (χ1) is 24.6. The molecule has 0 unspecified atom stereocenters. The van der Waals surface area contributed by atoms with E-state index in [9.17, 15) is 0 Å². The summed E-state index contributed by atoms with van der Waals surface area (Å²) in [5.41, 5.74) is 11.2. The highest BCUT2D eigenvalue weighted by atomic mass is 15.1. The lowest BCUT2D eigenvalue weighted by atomic mass is 9.82. The molecule has 9 aromatic carbocycles. The molecule has 0 saturated heterocycles. The minimum Gasteiger partial charge on any atom is -0.309 e. The molecule has 0 atom stereocenters. The largest absolute Gasteiger partial charge is 0.309 e. The van der Waals surface area contributed by atoms with Gasteiger partial charge in [-0.2, -0.15) is 0 Å². The Labute approximate surface area is 292 Å². The van der Waals surface area contributed by atoms with E-state index in [-0.39, 0.29) is 5.41 Å². The second-order valence-corrected chi connectivity index (χ2v) is 14.1. The Morgan fingerprint density at radius 3 is 1.84 bits per heavy atom. The fraction of sp³-hybridized carbons (Fsp3) is 0.0612. The second-order valence-electron chi connectivity index (χ2n) is 14.1. The lowest BCUT2D eigenvalue weighted by Gasteiger charge is -2.31. The van der Waals surface area contributed by atoms with Crippen molar-refractivity contribution in [1.82, 2.24) is 0 Å². The van der Waals surface area contributed by atoms with Gasteiger partial charge in [-0.3, -0.25) is 0 Å². The Hall–Kier alpha value is -6.18. The van der Waals surface area contributed by atoms with Crippen LogP contribution >= 0.6 is 0 Å². The summed E-state index contributed by atoms with van der Waals surface area (Å²) in [6.45, 7) is 4.72. The number of hydrogen-bond acceptors (Lipinski definition) is 1. The number of rotatable bonds is 4. The van der Waals surface area contributed by atoms with E-state index < -0.39 is 0 Å². The molecule has 0 aromatic heterocycles. The van der Waals surface area contributed by atoms with E-state index in [1.54, 1.807) is 0 Å². The van der Waals surface area contributed by atoms with Gasteiger partial charge in [-0.25, -0.2) is 0 Å². The van der Waals surface area contributed by atoms with Crippen LogP contribution in [0.1, 0.15) is 25.0 Å². The molecule has 0 heterocycles. The molecule has 1 heteroatoms. The Morgan fingerprint density at radius 2 is 0.980 bits per heavy atom. The van der Waals surface area contributed by atoms with Gasteiger partial charge < -0.3 is 4.90 Å². The molecule has 50 heavy (non-hydrogen) atoms. The van der Waals surface area contributed by atoms with Crippen LogP contribution in [0.15, 0.2) is 176 Å². The average molecular weight is 638 g/mol. The van der Waals surface area contributed by atoms with E-state index >= 15 is 0 Å². The zero-order valence-electron chi connectivity index (χ0n) is 28.2. The average Bonchev–Trinajstić information content (AvgIpc) is 3.41. The van der Waals surface area contributed by atoms with Crippen LogP contribution in [0.4, 0.5) is 17.1 Å². The van der Waals surface area contributed by atoms with Gasteiger partial charge in [0.2, 0.25) is 0 Å². The number of nitrogens with zero attached hydrogens (tertiary/aromatic N) is 1. The molecule has 1 aliphatic carbocycles. The zero-order chi connectivity index (χ0) is 33.4. The summed E-state index contributed by atoms with van der Waals surface area (Å²) < 4.78 is 0. The van der Waals surface area contributed by atoms with Gasteiger partial charge in [0, 0.05) is 22.2 Å². The van der Waals surface area contributed by atoms with Gasteiger partial charge in [-0.1, -0.05) is 159 Å². The summed E-state index contributed by atoms with van der Waals surface area (Å²) in [5, 5.41) is 10.1. The van der Waals surface area contributed by atoms with Crippen LogP contribution in [-0.4, -0.2) is 0 Å². The molecular formula is C49H35N. The predicted octanol–water partition coefficient (Wildman–Crippen LogP) is 13.7. The van der Waals surface area contributed by atoms with Crippen LogP contribution in [-0.2, 0) is 5.41 Å². The van der Waals surface area contributed by atoms with E-state index in [4.69, 9.17) is 0 Å². The summed E-state index contributed by atoms with van der Waals surface area (Å²) >= 11 is 0. The molecule has 0 fully saturated rings. The summed E-state index contributed by atoms with van der Waals surface area (Å²) in [6, 6.07) is 65.1. The SMILES string of the molecule is CC1(C)c2ccccc2-c2c(N(c3ccc4c(ccc5c6ccccc6ccc45)c3)c3ccccc3-c3ccc4ccccc4c3)cccc21. The smallest absolute Gasteiger partial charge is 0.0543 e. The Bertz CT molecular complexity index is 2800. The Morgan fingerprint density at radius 1 is 0.380 bits per heavy atom. The Balaban J connectivity index is 1.25. The monoisotopic (exact) mass is 637 g/mol. The van der Waals surface area contributed by atoms with Crippen molar-refractivity contribution < 1.29 is 0 Å². The highest BCUT2D eigenvalue weighted by molar-refractivity contribution is 6.17. The molecule has 0 saturated carbocycles. The molecule has 1 aliphatic rings. The molecule has 0 amide bonds. The molecule has 0 N–H and O–H groups in total. The summed E-state index contributed by atoms with van der Waals surface area (Å²) in [6.07, 6.45) is 0. The van der Waals surface area contributed by atoms with Crippen molar-refractivity contribution in [3.05, 3.63) is 187 Å². The third-order valence-corrected chi connectivity index (χ3v) is 11.0. The van der Waals surface area contributed by atoms with Crippen LogP contribution in [0, 0.1) is 0 Å². The fourth-order valence-corrected chi connectivity index (χ4v) is 8.55. The highest BCUT2D eigenvalue weighted by Gasteiger charge is 2.38. The predicted molar refractivity (Wildman–Crippen MR) is 214 cm³/mol. The maximum Gasteiger partial charge on any atom is 0.0543 e. The minimum atomic E-state index is -0.101. The van der Waals surface area contributed by atoms with Gasteiger partial charge in [-0.05, 0) is 95.7 Å². The number of hydrogen-bond donors (Lipinski definition) is 0. The number of fused-ring (bicyclic) bond motifs is 9. The van der Waals surface area contributed by atoms with E-state index in [0.717, 1.165) is 11.4 Å². The quantitative estimate of drug-likeness (QED) is 0.174. The van der Waals surface area contributed by atoms with Gasteiger partial charge in [0.05, 0.1) is 11.4 Å². The maximum absolute atomic E-state index is 2.51. The van der Waals surface area contributed by atoms with Crippen LogP contribution in [0.25, 0.3) is 65.3 Å². The third kappa shape index (κ3) is 4.27. The minimum absolute atomic E-state index is 0.101. The van der Waals surface area contributed by atoms with Gasteiger partial charge in [0.25, 0.3) is 0 Å². The summed E-state index contributed by atoms with van der Waals surface area (Å²) in [7, 11) is 0. The van der Waals surface area contributed by atoms with Crippen LogP contribution < -0.4 is 4.90 Å². The van der Waals surface area contributed by atoms with Crippen molar-refractivity contribution in [3.63, 3.8) is 0 Å². The molecule has 0 radical (unpaired) electrons. The summed E-state index contributed by atoms with van der Waals surface area (Å²) in [5.74, 6) is 0. The van der Waals surface area contributed by atoms with Crippen LogP contribution in [0.3, 0.4) is 0 Å². The standard InChI is InChI=1S/C49H35N/c1-49(2)44-18-9-7-17-43(44)48-45(49)19-11-21-47(48)50(46-20-10-8-16-40(46)35-23-22-32-12-3-4-14-34(32)30-35)37-26-29-39-36(31-37)25-28-41-38-15-6-5-13-33(38)24-27-42(39)41/h3-31H,1-2H3.